The van der Waals surface area contributed by atoms with E-state index in [1.54, 1.807) is 24.1 Å². The molecule has 2 aromatic rings. The monoisotopic (exact) mass is 330 g/mol. The number of anilines is 3. The van der Waals surface area contributed by atoms with Crippen LogP contribution in [0.1, 0.15) is 36.0 Å². The zero-order valence-corrected chi connectivity index (χ0v) is 13.6. The lowest BCUT2D eigenvalue weighted by molar-refractivity contribution is 0.100. The van der Waals surface area contributed by atoms with Gasteiger partial charge in [0.2, 0.25) is 5.95 Å². The number of aryl methyl sites for hydroxylation is 1. The Balaban J connectivity index is 1.83. The van der Waals surface area contributed by atoms with Gasteiger partial charge in [-0.15, -0.1) is 0 Å². The lowest BCUT2D eigenvalue weighted by Crippen LogP contribution is -2.43. The number of amides is 1. The van der Waals surface area contributed by atoms with Crippen molar-refractivity contribution in [2.24, 2.45) is 18.5 Å². The van der Waals surface area contributed by atoms with Gasteiger partial charge in [0, 0.05) is 31.5 Å². The minimum Gasteiger partial charge on any atom is -0.365 e. The van der Waals surface area contributed by atoms with Crippen molar-refractivity contribution in [1.82, 2.24) is 19.7 Å². The Kier molecular flexibility index (Phi) is 4.61. The number of carbonyl (C=O) groups is 1. The van der Waals surface area contributed by atoms with Crippen LogP contribution in [0.5, 0.6) is 0 Å². The number of nitrogens with two attached hydrogens (primary N) is 2. The number of hydrogen-bond acceptors (Lipinski definition) is 7. The summed E-state index contributed by atoms with van der Waals surface area (Å²) in [6, 6.07) is 0.206. The molecular weight excluding hydrogens is 308 g/mol. The predicted octanol–water partition coefficient (Wildman–Crippen LogP) is 0.734. The molecule has 0 bridgehead atoms. The van der Waals surface area contributed by atoms with Gasteiger partial charge in [-0.25, -0.2) is 4.98 Å². The predicted molar refractivity (Wildman–Crippen MR) is 90.9 cm³/mol. The van der Waals surface area contributed by atoms with E-state index in [0.29, 0.717) is 17.5 Å². The largest absolute Gasteiger partial charge is 0.365 e. The second-order valence-electron chi connectivity index (χ2n) is 6.05. The van der Waals surface area contributed by atoms with Gasteiger partial charge in [-0.05, 0) is 12.8 Å². The fourth-order valence-electron chi connectivity index (χ4n) is 2.85. The summed E-state index contributed by atoms with van der Waals surface area (Å²) in [4.78, 5) is 20.2. The molecule has 3 rings (SSSR count). The molecule has 1 aliphatic rings. The van der Waals surface area contributed by atoms with Gasteiger partial charge in [-0.2, -0.15) is 10.1 Å². The van der Waals surface area contributed by atoms with E-state index in [2.05, 4.69) is 25.7 Å². The molecule has 2 heterocycles. The van der Waals surface area contributed by atoms with Crippen molar-refractivity contribution in [1.29, 1.82) is 0 Å². The molecule has 9 heteroatoms. The fourth-order valence-corrected chi connectivity index (χ4v) is 2.85. The zero-order valence-electron chi connectivity index (χ0n) is 13.6. The normalized spacial score (nSPS) is 20.6. The smallest absolute Gasteiger partial charge is 0.254 e. The lowest BCUT2D eigenvalue weighted by atomic mass is 9.91. The van der Waals surface area contributed by atoms with E-state index in [9.17, 15) is 4.79 Å². The summed E-state index contributed by atoms with van der Waals surface area (Å²) in [6.45, 7) is 0. The average Bonchev–Trinajstić information content (AvgIpc) is 2.94. The Bertz CT molecular complexity index is 728. The van der Waals surface area contributed by atoms with Crippen molar-refractivity contribution in [2.75, 3.05) is 10.6 Å². The molecule has 9 nitrogen and oxygen atoms in total. The van der Waals surface area contributed by atoms with Crippen LogP contribution < -0.4 is 22.1 Å². The lowest BCUT2D eigenvalue weighted by Gasteiger charge is -2.29. The molecule has 1 fully saturated rings. The molecule has 0 spiro atoms. The SMILES string of the molecule is Cn1cc(Nc2nc(N[C@@H]3CCCC[C@@H]3N)ncc2C(N)=O)cn1. The number of aromatic nitrogens is 4. The number of rotatable bonds is 5. The first-order valence-corrected chi connectivity index (χ1v) is 7.97. The summed E-state index contributed by atoms with van der Waals surface area (Å²) in [6.07, 6.45) is 9.07. The third-order valence-corrected chi connectivity index (χ3v) is 4.16. The molecule has 0 saturated heterocycles. The van der Waals surface area contributed by atoms with E-state index in [1.807, 2.05) is 0 Å². The highest BCUT2D eigenvalue weighted by atomic mass is 16.1. The molecular formula is C15H22N8O. The van der Waals surface area contributed by atoms with E-state index in [1.165, 1.54) is 6.20 Å². The maximum atomic E-state index is 11.6. The summed E-state index contributed by atoms with van der Waals surface area (Å²) in [7, 11) is 1.80. The zero-order chi connectivity index (χ0) is 17.1. The topological polar surface area (TPSA) is 137 Å². The van der Waals surface area contributed by atoms with Gasteiger partial charge in [0.1, 0.15) is 11.4 Å². The molecule has 6 N–H and O–H groups in total. The highest BCUT2D eigenvalue weighted by molar-refractivity contribution is 5.98. The van der Waals surface area contributed by atoms with Gasteiger partial charge >= 0.3 is 0 Å². The summed E-state index contributed by atoms with van der Waals surface area (Å²) >= 11 is 0. The molecule has 1 saturated carbocycles. The minimum absolute atomic E-state index is 0.0768. The van der Waals surface area contributed by atoms with Gasteiger partial charge in [-0.1, -0.05) is 12.8 Å². The van der Waals surface area contributed by atoms with Crippen LogP contribution in [0.4, 0.5) is 17.5 Å². The van der Waals surface area contributed by atoms with Crippen LogP contribution in [0.25, 0.3) is 0 Å². The molecule has 128 valence electrons. The highest BCUT2D eigenvalue weighted by Crippen LogP contribution is 2.22. The Morgan fingerprint density at radius 1 is 1.33 bits per heavy atom. The van der Waals surface area contributed by atoms with Crippen molar-refractivity contribution in [3.63, 3.8) is 0 Å². The van der Waals surface area contributed by atoms with E-state index >= 15 is 0 Å². The first kappa shape index (κ1) is 16.2. The first-order chi connectivity index (χ1) is 11.5. The minimum atomic E-state index is -0.595. The average molecular weight is 330 g/mol. The van der Waals surface area contributed by atoms with Gasteiger partial charge < -0.3 is 22.1 Å². The van der Waals surface area contributed by atoms with Crippen molar-refractivity contribution in [3.05, 3.63) is 24.2 Å². The standard InChI is InChI=1S/C15H22N8O/c1-23-8-9(6-19-23)20-14-10(13(17)24)7-18-15(22-14)21-12-5-3-2-4-11(12)16/h6-8,11-12H,2-5,16H2,1H3,(H2,17,24)(H2,18,20,21,22)/t11-,12+/m0/s1. The van der Waals surface area contributed by atoms with Crippen LogP contribution in [0.15, 0.2) is 18.6 Å². The third kappa shape index (κ3) is 3.62. The summed E-state index contributed by atoms with van der Waals surface area (Å²) in [5, 5.41) is 10.4. The van der Waals surface area contributed by atoms with Gasteiger partial charge in [0.05, 0.1) is 11.9 Å². The Hall–Kier alpha value is -2.68. The maximum absolute atomic E-state index is 11.6. The summed E-state index contributed by atoms with van der Waals surface area (Å²) in [5.41, 5.74) is 12.5. The van der Waals surface area contributed by atoms with Gasteiger partial charge in [0.25, 0.3) is 5.91 Å². The van der Waals surface area contributed by atoms with E-state index < -0.39 is 5.91 Å². The molecule has 0 unspecified atom stereocenters. The number of carbonyl (C=O) groups excluding carboxylic acids is 1. The molecule has 1 amide bonds. The van der Waals surface area contributed by atoms with Crippen molar-refractivity contribution >= 4 is 23.4 Å². The second-order valence-corrected chi connectivity index (χ2v) is 6.05. The number of primary amides is 1. The van der Waals surface area contributed by atoms with E-state index in [4.69, 9.17) is 11.5 Å². The van der Waals surface area contributed by atoms with Crippen LogP contribution in [-0.4, -0.2) is 37.7 Å². The van der Waals surface area contributed by atoms with Crippen LogP contribution in [0.3, 0.4) is 0 Å². The number of nitrogens with one attached hydrogen (secondary N) is 2. The van der Waals surface area contributed by atoms with Crippen LogP contribution >= 0.6 is 0 Å². The summed E-state index contributed by atoms with van der Waals surface area (Å²) in [5.74, 6) is 0.174. The van der Waals surface area contributed by atoms with Crippen molar-refractivity contribution < 1.29 is 4.79 Å². The Morgan fingerprint density at radius 2 is 2.12 bits per heavy atom. The van der Waals surface area contributed by atoms with Gasteiger partial charge in [0.15, 0.2) is 0 Å². The van der Waals surface area contributed by atoms with E-state index in [-0.39, 0.29) is 17.6 Å². The van der Waals surface area contributed by atoms with Crippen LogP contribution in [-0.2, 0) is 7.05 Å². The Labute approximate surface area is 139 Å². The number of nitrogens with zero attached hydrogens (tertiary/aromatic N) is 4. The molecule has 0 radical (unpaired) electrons. The highest BCUT2D eigenvalue weighted by Gasteiger charge is 2.23. The molecule has 24 heavy (non-hydrogen) atoms. The Morgan fingerprint density at radius 3 is 2.79 bits per heavy atom. The molecule has 2 atom stereocenters. The van der Waals surface area contributed by atoms with Crippen LogP contribution in [0, 0.1) is 0 Å². The molecule has 0 aliphatic heterocycles. The fraction of sp³-hybridized carbons (Fsp3) is 0.467. The van der Waals surface area contributed by atoms with Crippen molar-refractivity contribution in [2.45, 2.75) is 37.8 Å². The first-order valence-electron chi connectivity index (χ1n) is 7.97. The third-order valence-electron chi connectivity index (χ3n) is 4.16. The second kappa shape index (κ2) is 6.83. The quantitative estimate of drug-likeness (QED) is 0.634. The molecule has 0 aromatic carbocycles. The summed E-state index contributed by atoms with van der Waals surface area (Å²) < 4.78 is 1.65. The van der Waals surface area contributed by atoms with Crippen molar-refractivity contribution in [3.8, 4) is 0 Å². The molecule has 2 aromatic heterocycles. The van der Waals surface area contributed by atoms with Crippen LogP contribution in [0.2, 0.25) is 0 Å². The maximum Gasteiger partial charge on any atom is 0.254 e. The molecule has 1 aliphatic carbocycles. The number of hydrogen-bond donors (Lipinski definition) is 4. The van der Waals surface area contributed by atoms with E-state index in [0.717, 1.165) is 25.7 Å². The van der Waals surface area contributed by atoms with Gasteiger partial charge in [-0.3, -0.25) is 9.48 Å².